The van der Waals surface area contributed by atoms with Gasteiger partial charge in [-0.25, -0.2) is 0 Å². The summed E-state index contributed by atoms with van der Waals surface area (Å²) >= 11 is 5.86. The van der Waals surface area contributed by atoms with Gasteiger partial charge in [0.15, 0.2) is 5.11 Å². The summed E-state index contributed by atoms with van der Waals surface area (Å²) in [5, 5.41) is 5.22. The van der Waals surface area contributed by atoms with Gasteiger partial charge >= 0.3 is 0 Å². The van der Waals surface area contributed by atoms with Crippen LogP contribution < -0.4 is 10.9 Å². The highest BCUT2D eigenvalue weighted by atomic mass is 32.1. The van der Waals surface area contributed by atoms with Crippen molar-refractivity contribution < 1.29 is 4.74 Å². The van der Waals surface area contributed by atoms with Gasteiger partial charge in [0.05, 0.1) is 31.3 Å². The molecule has 0 unspecified atom stereocenters. The molecule has 0 aliphatic carbocycles. The number of H-pyrrole nitrogens is 1. The van der Waals surface area contributed by atoms with Gasteiger partial charge in [-0.15, -0.1) is 0 Å². The molecule has 180 valence electrons. The fraction of sp³-hybridized carbons (Fsp3) is 0.407. The molecule has 6 nitrogen and oxygen atoms in total. The zero-order valence-corrected chi connectivity index (χ0v) is 21.1. The number of nitrogens with zero attached hydrogens (tertiary/aromatic N) is 2. The molecule has 2 heterocycles. The first kappa shape index (κ1) is 24.4. The summed E-state index contributed by atoms with van der Waals surface area (Å²) in [6.45, 7) is 11.6. The second-order valence-electron chi connectivity index (χ2n) is 9.07. The summed E-state index contributed by atoms with van der Waals surface area (Å²) in [4.78, 5) is 20.6. The van der Waals surface area contributed by atoms with Crippen LogP contribution >= 0.6 is 12.2 Å². The molecule has 4 rings (SSSR count). The molecular formula is C27H34N4O2S. The molecule has 1 fully saturated rings. The average Bonchev–Trinajstić information content (AvgIpc) is 2.85. The highest BCUT2D eigenvalue weighted by Crippen LogP contribution is 2.20. The zero-order valence-electron chi connectivity index (χ0n) is 20.3. The second kappa shape index (κ2) is 11.1. The number of hydrogen-bond donors (Lipinski definition) is 2. The summed E-state index contributed by atoms with van der Waals surface area (Å²) in [7, 11) is 0. The monoisotopic (exact) mass is 478 g/mol. The van der Waals surface area contributed by atoms with Crippen LogP contribution in [0.4, 0.5) is 0 Å². The number of benzene rings is 2. The number of ether oxygens (including phenoxy) is 1. The molecular weight excluding hydrogens is 444 g/mol. The normalized spacial score (nSPS) is 15.3. The Kier molecular flexibility index (Phi) is 7.98. The molecule has 1 atom stereocenters. The number of aryl methyl sites for hydroxylation is 2. The molecule has 1 saturated heterocycles. The van der Waals surface area contributed by atoms with Gasteiger partial charge in [-0.2, -0.15) is 0 Å². The first-order chi connectivity index (χ1) is 16.4. The number of morpholine rings is 1. The van der Waals surface area contributed by atoms with Gasteiger partial charge < -0.3 is 19.9 Å². The van der Waals surface area contributed by atoms with Crippen LogP contribution in [0, 0.1) is 13.8 Å². The lowest BCUT2D eigenvalue weighted by Crippen LogP contribution is -2.46. The van der Waals surface area contributed by atoms with Crippen molar-refractivity contribution in [3.8, 4) is 0 Å². The molecule has 1 aliphatic heterocycles. The van der Waals surface area contributed by atoms with Crippen LogP contribution in [0.15, 0.2) is 53.3 Å². The number of nitrogens with one attached hydrogen (secondary N) is 2. The lowest BCUT2D eigenvalue weighted by atomic mass is 10.0. The van der Waals surface area contributed by atoms with Crippen molar-refractivity contribution in [3.05, 3.63) is 81.1 Å². The van der Waals surface area contributed by atoms with Crippen molar-refractivity contribution in [3.63, 3.8) is 0 Å². The Morgan fingerprint density at radius 2 is 1.85 bits per heavy atom. The molecule has 0 spiro atoms. The fourth-order valence-corrected chi connectivity index (χ4v) is 4.71. The van der Waals surface area contributed by atoms with Gasteiger partial charge in [0.2, 0.25) is 0 Å². The smallest absolute Gasteiger partial charge is 0.253 e. The molecule has 7 heteroatoms. The third-order valence-corrected chi connectivity index (χ3v) is 6.97. The predicted octanol–water partition coefficient (Wildman–Crippen LogP) is 3.91. The summed E-state index contributed by atoms with van der Waals surface area (Å²) in [6.07, 6.45) is 0. The zero-order chi connectivity index (χ0) is 24.1. The first-order valence-electron chi connectivity index (χ1n) is 11.9. The number of aromatic amines is 1. The minimum absolute atomic E-state index is 0.0588. The maximum absolute atomic E-state index is 13.0. The van der Waals surface area contributed by atoms with Crippen molar-refractivity contribution >= 4 is 28.2 Å². The maximum atomic E-state index is 13.0. The van der Waals surface area contributed by atoms with Crippen LogP contribution in [0.2, 0.25) is 0 Å². The average molecular weight is 479 g/mol. The molecule has 0 radical (unpaired) electrons. The molecule has 0 amide bonds. The Morgan fingerprint density at radius 1 is 1.15 bits per heavy atom. The number of fused-ring (bicyclic) bond motifs is 1. The Labute approximate surface area is 206 Å². The fourth-order valence-electron chi connectivity index (χ4n) is 4.38. The third-order valence-electron chi connectivity index (χ3n) is 6.60. The van der Waals surface area contributed by atoms with E-state index >= 15 is 0 Å². The second-order valence-corrected chi connectivity index (χ2v) is 9.46. The SMILES string of the molecule is Cc1ccc(C)c2[nH]c(=O)c(CN(CCN3CCOCC3)C(=S)N[C@H](C)c3ccccc3)cc12. The quantitative estimate of drug-likeness (QED) is 0.502. The molecule has 1 aromatic heterocycles. The van der Waals surface area contributed by atoms with Gasteiger partial charge in [-0.3, -0.25) is 9.69 Å². The van der Waals surface area contributed by atoms with Gasteiger partial charge in [0.25, 0.3) is 5.56 Å². The minimum Gasteiger partial charge on any atom is -0.379 e. The Balaban J connectivity index is 1.57. The van der Waals surface area contributed by atoms with Gasteiger partial charge in [-0.1, -0.05) is 42.5 Å². The van der Waals surface area contributed by atoms with E-state index in [9.17, 15) is 4.79 Å². The van der Waals surface area contributed by atoms with Gasteiger partial charge in [0, 0.05) is 37.1 Å². The third kappa shape index (κ3) is 5.84. The van der Waals surface area contributed by atoms with E-state index < -0.39 is 0 Å². The van der Waals surface area contributed by atoms with Crippen LogP contribution in [0.1, 0.15) is 35.2 Å². The van der Waals surface area contributed by atoms with Crippen molar-refractivity contribution in [1.82, 2.24) is 20.1 Å². The van der Waals surface area contributed by atoms with E-state index in [1.54, 1.807) is 0 Å². The molecule has 0 saturated carbocycles. The molecule has 2 N–H and O–H groups in total. The lowest BCUT2D eigenvalue weighted by molar-refractivity contribution is 0.0357. The van der Waals surface area contributed by atoms with Crippen molar-refractivity contribution in [2.45, 2.75) is 33.4 Å². The maximum Gasteiger partial charge on any atom is 0.253 e. The summed E-state index contributed by atoms with van der Waals surface area (Å²) in [6, 6.07) is 16.5. The first-order valence-corrected chi connectivity index (χ1v) is 12.4. The predicted molar refractivity (Wildman–Crippen MR) is 142 cm³/mol. The molecule has 2 aromatic carbocycles. The molecule has 34 heavy (non-hydrogen) atoms. The van der Waals surface area contributed by atoms with Crippen LogP contribution in [0.25, 0.3) is 10.9 Å². The van der Waals surface area contributed by atoms with Gasteiger partial charge in [-0.05, 0) is 55.7 Å². The van der Waals surface area contributed by atoms with E-state index in [0.717, 1.165) is 67.0 Å². The highest BCUT2D eigenvalue weighted by Gasteiger charge is 2.18. The Bertz CT molecular complexity index is 1190. The van der Waals surface area contributed by atoms with Crippen molar-refractivity contribution in [2.75, 3.05) is 39.4 Å². The van der Waals surface area contributed by atoms with E-state index in [2.05, 4.69) is 52.1 Å². The standard InChI is InChI=1S/C27H34N4O2S/c1-19-9-10-20(2)25-24(19)17-23(26(32)29-25)18-31(12-11-30-13-15-33-16-14-30)27(34)28-21(3)22-7-5-4-6-8-22/h4-10,17,21H,11-16,18H2,1-3H3,(H,28,34)(H,29,32)/t21-/m1/s1. The van der Waals surface area contributed by atoms with Crippen LogP contribution in [-0.2, 0) is 11.3 Å². The number of aromatic nitrogens is 1. The van der Waals surface area contributed by atoms with E-state index in [1.165, 1.54) is 5.56 Å². The van der Waals surface area contributed by atoms with Crippen LogP contribution in [0.5, 0.6) is 0 Å². The number of rotatable bonds is 7. The Hall–Kier alpha value is -2.74. The highest BCUT2D eigenvalue weighted by molar-refractivity contribution is 7.80. The number of pyridine rings is 1. The van der Waals surface area contributed by atoms with E-state index in [-0.39, 0.29) is 11.6 Å². The van der Waals surface area contributed by atoms with E-state index in [4.69, 9.17) is 17.0 Å². The number of hydrogen-bond acceptors (Lipinski definition) is 4. The summed E-state index contributed by atoms with van der Waals surface area (Å²) < 4.78 is 5.49. The summed E-state index contributed by atoms with van der Waals surface area (Å²) in [5.74, 6) is 0. The van der Waals surface area contributed by atoms with Crippen LogP contribution in [-0.4, -0.2) is 59.3 Å². The molecule has 1 aliphatic rings. The van der Waals surface area contributed by atoms with E-state index in [0.29, 0.717) is 11.7 Å². The van der Waals surface area contributed by atoms with Crippen molar-refractivity contribution in [1.29, 1.82) is 0 Å². The Morgan fingerprint density at radius 3 is 2.59 bits per heavy atom. The topological polar surface area (TPSA) is 60.6 Å². The largest absolute Gasteiger partial charge is 0.379 e. The minimum atomic E-state index is -0.0588. The van der Waals surface area contributed by atoms with Crippen molar-refractivity contribution in [2.24, 2.45) is 0 Å². The number of thiocarbonyl (C=S) groups is 1. The van der Waals surface area contributed by atoms with Gasteiger partial charge in [0.1, 0.15) is 0 Å². The lowest BCUT2D eigenvalue weighted by Gasteiger charge is -2.32. The van der Waals surface area contributed by atoms with E-state index in [1.807, 2.05) is 37.3 Å². The molecule has 0 bridgehead atoms. The molecule has 3 aromatic rings. The van der Waals surface area contributed by atoms with Crippen LogP contribution in [0.3, 0.4) is 0 Å². The summed E-state index contributed by atoms with van der Waals surface area (Å²) in [5.41, 5.74) is 4.97.